The Morgan fingerprint density at radius 2 is 1.06 bits per heavy atom. The lowest BCUT2D eigenvalue weighted by Gasteiger charge is -2.30. The van der Waals surface area contributed by atoms with Gasteiger partial charge in [-0.2, -0.15) is 0 Å². The Balaban J connectivity index is 1.45. The zero-order chi connectivity index (χ0) is 22.4. The summed E-state index contributed by atoms with van der Waals surface area (Å²) in [5.74, 6) is 1.17. The molecule has 0 aromatic heterocycles. The van der Waals surface area contributed by atoms with E-state index in [2.05, 4.69) is 85.0 Å². The summed E-state index contributed by atoms with van der Waals surface area (Å²) in [4.78, 5) is 0. The second-order valence-corrected chi connectivity index (χ2v) is 8.91. The van der Waals surface area contributed by atoms with E-state index in [0.717, 1.165) is 11.1 Å². The molecular weight excluding hydrogens is 404 g/mol. The van der Waals surface area contributed by atoms with Gasteiger partial charge in [-0.15, -0.1) is 0 Å². The molecule has 0 bridgehead atoms. The highest BCUT2D eigenvalue weighted by atomic mass is 16.3. The molecule has 2 unspecified atom stereocenters. The van der Waals surface area contributed by atoms with Crippen LogP contribution in [0.25, 0.3) is 23.3 Å². The van der Waals surface area contributed by atoms with Gasteiger partial charge in [0.1, 0.15) is 11.5 Å². The van der Waals surface area contributed by atoms with Crippen molar-refractivity contribution < 1.29 is 10.2 Å². The highest BCUT2D eigenvalue weighted by molar-refractivity contribution is 5.69. The average Bonchev–Trinajstić information content (AvgIpc) is 3.44. The van der Waals surface area contributed by atoms with Gasteiger partial charge in [0.15, 0.2) is 0 Å². The third-order valence-electron chi connectivity index (χ3n) is 7.00. The lowest BCUT2D eigenvalue weighted by atomic mass is 9.73. The van der Waals surface area contributed by atoms with Crippen LogP contribution < -0.4 is 0 Å². The van der Waals surface area contributed by atoms with Crippen LogP contribution in [-0.2, 0) is 0 Å². The van der Waals surface area contributed by atoms with Crippen molar-refractivity contribution in [2.75, 3.05) is 0 Å². The van der Waals surface area contributed by atoms with Crippen LogP contribution in [0.4, 0.5) is 0 Å². The van der Waals surface area contributed by atoms with E-state index in [-0.39, 0.29) is 17.8 Å². The maximum atomic E-state index is 9.98. The minimum absolute atomic E-state index is 0.192. The van der Waals surface area contributed by atoms with Gasteiger partial charge < -0.3 is 10.2 Å². The first-order valence-corrected chi connectivity index (χ1v) is 11.3. The van der Waals surface area contributed by atoms with Gasteiger partial charge in [0.25, 0.3) is 0 Å². The number of allylic oxidation sites excluding steroid dienone is 2. The summed E-state index contributed by atoms with van der Waals surface area (Å²) in [6.45, 7) is 0. The largest absolute Gasteiger partial charge is 0.508 e. The highest BCUT2D eigenvalue weighted by Gasteiger charge is 2.35. The van der Waals surface area contributed by atoms with Crippen molar-refractivity contribution in [2.45, 2.75) is 17.8 Å². The van der Waals surface area contributed by atoms with Crippen molar-refractivity contribution in [1.29, 1.82) is 0 Å². The zero-order valence-electron chi connectivity index (χ0n) is 18.1. The van der Waals surface area contributed by atoms with Crippen LogP contribution >= 0.6 is 0 Å². The molecule has 0 spiro atoms. The molecule has 0 saturated carbocycles. The quantitative estimate of drug-likeness (QED) is 0.354. The molecule has 0 fully saturated rings. The summed E-state index contributed by atoms with van der Waals surface area (Å²) in [6.07, 6.45) is 8.79. The zero-order valence-corrected chi connectivity index (χ0v) is 18.1. The summed E-state index contributed by atoms with van der Waals surface area (Å²) < 4.78 is 0. The topological polar surface area (TPSA) is 40.5 Å². The Bertz CT molecular complexity index is 1310. The number of fused-ring (bicyclic) bond motifs is 2. The fourth-order valence-electron chi connectivity index (χ4n) is 5.43. The Morgan fingerprint density at radius 1 is 0.545 bits per heavy atom. The molecule has 2 N–H and O–H groups in total. The van der Waals surface area contributed by atoms with E-state index in [1.165, 1.54) is 27.8 Å². The fraction of sp³-hybridized carbons (Fsp3) is 0.0968. The minimum Gasteiger partial charge on any atom is -0.508 e. The normalized spacial score (nSPS) is 18.8. The number of hydrogen-bond acceptors (Lipinski definition) is 2. The summed E-state index contributed by atoms with van der Waals surface area (Å²) in [6, 6.07) is 30.7. The average molecular weight is 429 g/mol. The summed E-state index contributed by atoms with van der Waals surface area (Å²) in [5, 5.41) is 20.0. The lowest BCUT2D eigenvalue weighted by Crippen LogP contribution is -2.15. The monoisotopic (exact) mass is 428 g/mol. The van der Waals surface area contributed by atoms with Crippen LogP contribution in [0.5, 0.6) is 11.5 Å². The molecule has 0 radical (unpaired) electrons. The molecule has 2 aliphatic rings. The molecule has 4 aromatic rings. The number of phenols is 2. The molecule has 0 aliphatic heterocycles. The van der Waals surface area contributed by atoms with E-state index in [9.17, 15) is 10.2 Å². The molecule has 0 saturated heterocycles. The second kappa shape index (κ2) is 7.83. The molecule has 2 heteroatoms. The molecule has 33 heavy (non-hydrogen) atoms. The van der Waals surface area contributed by atoms with Gasteiger partial charge in [-0.25, -0.2) is 0 Å². The third-order valence-corrected chi connectivity index (χ3v) is 7.00. The van der Waals surface area contributed by atoms with Gasteiger partial charge in [0.2, 0.25) is 0 Å². The van der Waals surface area contributed by atoms with Crippen LogP contribution in [0.15, 0.2) is 103 Å². The van der Waals surface area contributed by atoms with Crippen LogP contribution in [-0.4, -0.2) is 10.2 Å². The number of benzene rings is 4. The molecule has 2 atom stereocenters. The fourth-order valence-corrected chi connectivity index (χ4v) is 5.43. The van der Waals surface area contributed by atoms with Gasteiger partial charge in [-0.05, 0) is 63.2 Å². The Kier molecular flexibility index (Phi) is 4.66. The summed E-state index contributed by atoms with van der Waals surface area (Å²) in [5.41, 5.74) is 8.34. The number of hydrogen-bond donors (Lipinski definition) is 2. The predicted molar refractivity (Wildman–Crippen MR) is 134 cm³/mol. The van der Waals surface area contributed by atoms with Crippen molar-refractivity contribution >= 4 is 12.2 Å². The maximum absolute atomic E-state index is 9.98. The highest BCUT2D eigenvalue weighted by Crippen LogP contribution is 2.51. The second-order valence-electron chi connectivity index (χ2n) is 8.91. The van der Waals surface area contributed by atoms with E-state index in [0.29, 0.717) is 11.5 Å². The molecule has 4 aromatic carbocycles. The van der Waals surface area contributed by atoms with Crippen molar-refractivity contribution in [1.82, 2.24) is 0 Å². The predicted octanol–water partition coefficient (Wildman–Crippen LogP) is 7.47. The van der Waals surface area contributed by atoms with Crippen LogP contribution in [0.3, 0.4) is 0 Å². The Morgan fingerprint density at radius 3 is 1.61 bits per heavy atom. The third kappa shape index (κ3) is 3.44. The molecule has 2 aliphatic carbocycles. The smallest absolute Gasteiger partial charge is 0.116 e. The van der Waals surface area contributed by atoms with Gasteiger partial charge in [-0.1, -0.05) is 91.0 Å². The first kappa shape index (κ1) is 19.6. The Hall–Kier alpha value is -4.04. The molecular formula is C31H24O2. The minimum atomic E-state index is 0.192. The number of rotatable bonds is 4. The first-order chi connectivity index (χ1) is 16.2. The molecule has 2 nitrogen and oxygen atoms in total. The van der Waals surface area contributed by atoms with E-state index in [4.69, 9.17) is 0 Å². The van der Waals surface area contributed by atoms with Gasteiger partial charge in [0.05, 0.1) is 0 Å². The molecule has 0 amide bonds. The van der Waals surface area contributed by atoms with Crippen molar-refractivity contribution in [2.24, 2.45) is 0 Å². The standard InChI is InChI=1S/C31H24O2/c32-25-12-16-27-23(18-25)10-14-29(27)31(30-15-11-24-19-26(33)13-17-28(24)30)22-8-6-21(7-9-22)20-4-2-1-3-5-20/h1-19,29-33H. The SMILES string of the molecule is Oc1ccc2c(c1)C=CC2C(c1ccc(-c2ccccc2)cc1)C1C=Cc2cc(O)ccc21. The molecule has 6 rings (SSSR count). The molecule has 160 valence electrons. The maximum Gasteiger partial charge on any atom is 0.116 e. The number of phenolic OH excluding ortho intramolecular Hbond substituents is 2. The van der Waals surface area contributed by atoms with Crippen LogP contribution in [0, 0.1) is 0 Å². The van der Waals surface area contributed by atoms with Gasteiger partial charge in [0, 0.05) is 17.8 Å². The molecule has 0 heterocycles. The lowest BCUT2D eigenvalue weighted by molar-refractivity contribution is 0.474. The van der Waals surface area contributed by atoms with E-state index >= 15 is 0 Å². The van der Waals surface area contributed by atoms with Crippen molar-refractivity contribution in [3.63, 3.8) is 0 Å². The van der Waals surface area contributed by atoms with Gasteiger partial charge in [-0.3, -0.25) is 0 Å². The summed E-state index contributed by atoms with van der Waals surface area (Å²) >= 11 is 0. The Labute approximate surface area is 193 Å². The summed E-state index contributed by atoms with van der Waals surface area (Å²) in [7, 11) is 0. The van der Waals surface area contributed by atoms with E-state index in [1.54, 1.807) is 12.1 Å². The van der Waals surface area contributed by atoms with Crippen LogP contribution in [0.1, 0.15) is 45.6 Å². The van der Waals surface area contributed by atoms with Crippen LogP contribution in [0.2, 0.25) is 0 Å². The number of aromatic hydroxyl groups is 2. The van der Waals surface area contributed by atoms with Gasteiger partial charge >= 0.3 is 0 Å². The van der Waals surface area contributed by atoms with Crippen molar-refractivity contribution in [3.05, 3.63) is 131 Å². The van der Waals surface area contributed by atoms with E-state index < -0.39 is 0 Å². The van der Waals surface area contributed by atoms with Crippen molar-refractivity contribution in [3.8, 4) is 22.6 Å². The van der Waals surface area contributed by atoms with E-state index in [1.807, 2.05) is 18.2 Å². The first-order valence-electron chi connectivity index (χ1n) is 11.3.